The lowest BCUT2D eigenvalue weighted by Crippen LogP contribution is -2.47. The average Bonchev–Trinajstić information content (AvgIpc) is 3.02. The summed E-state index contributed by atoms with van der Waals surface area (Å²) < 4.78 is 0. The molecule has 0 spiro atoms. The van der Waals surface area contributed by atoms with Crippen molar-refractivity contribution in [2.75, 3.05) is 25.9 Å². The van der Waals surface area contributed by atoms with E-state index in [0.29, 0.717) is 29.9 Å². The van der Waals surface area contributed by atoms with E-state index in [9.17, 15) is 4.79 Å². The Kier molecular flexibility index (Phi) is 3.63. The lowest BCUT2D eigenvalue weighted by molar-refractivity contribution is -0.0285. The van der Waals surface area contributed by atoms with Crippen molar-refractivity contribution in [3.63, 3.8) is 0 Å². The molecule has 108 valence electrons. The third kappa shape index (κ3) is 2.51. The van der Waals surface area contributed by atoms with Gasteiger partial charge in [-0.1, -0.05) is 0 Å². The van der Waals surface area contributed by atoms with Crippen LogP contribution in [-0.2, 0) is 0 Å². The summed E-state index contributed by atoms with van der Waals surface area (Å²) in [5.41, 5.74) is 6.96. The number of nitrogens with zero attached hydrogens (tertiary/aromatic N) is 2. The van der Waals surface area contributed by atoms with Crippen molar-refractivity contribution < 1.29 is 4.79 Å². The number of hydrogen-bond acceptors (Lipinski definition) is 4. The number of nitrogen functional groups attached to an aromatic ring is 1. The molecule has 1 aliphatic heterocycles. The molecule has 1 aromatic carbocycles. The van der Waals surface area contributed by atoms with Gasteiger partial charge in [-0.2, -0.15) is 0 Å². The molecule has 20 heavy (non-hydrogen) atoms. The number of amides is 1. The Labute approximate surface area is 119 Å². The summed E-state index contributed by atoms with van der Waals surface area (Å²) in [4.78, 5) is 12.0. The van der Waals surface area contributed by atoms with Crippen LogP contribution in [-0.4, -0.2) is 48.1 Å². The number of fused-ring (bicyclic) bond motifs is 2. The van der Waals surface area contributed by atoms with Crippen molar-refractivity contribution in [1.29, 1.82) is 0 Å². The first-order valence-corrected chi connectivity index (χ1v) is 7.28. The zero-order valence-corrected chi connectivity index (χ0v) is 11.9. The summed E-state index contributed by atoms with van der Waals surface area (Å²) >= 11 is 0. The number of nitrogens with one attached hydrogen (secondary N) is 1. The normalized spacial score (nSPS) is 26.1. The second kappa shape index (κ2) is 5.42. The monoisotopic (exact) mass is 274 g/mol. The van der Waals surface area contributed by atoms with Gasteiger partial charge in [0.05, 0.1) is 0 Å². The van der Waals surface area contributed by atoms with E-state index in [0.717, 1.165) is 6.54 Å². The van der Waals surface area contributed by atoms with Crippen LogP contribution in [0.15, 0.2) is 24.3 Å². The van der Waals surface area contributed by atoms with Gasteiger partial charge in [0, 0.05) is 43.5 Å². The van der Waals surface area contributed by atoms with Gasteiger partial charge in [0.15, 0.2) is 0 Å². The first-order chi connectivity index (χ1) is 9.65. The Bertz CT molecular complexity index is 485. The van der Waals surface area contributed by atoms with Crippen LogP contribution in [0.4, 0.5) is 5.69 Å². The van der Waals surface area contributed by atoms with E-state index in [1.165, 1.54) is 19.3 Å². The van der Waals surface area contributed by atoms with Crippen molar-refractivity contribution in [3.05, 3.63) is 29.8 Å². The molecule has 1 saturated heterocycles. The zero-order chi connectivity index (χ0) is 14.1. The van der Waals surface area contributed by atoms with Gasteiger partial charge in [0.2, 0.25) is 0 Å². The molecular weight excluding hydrogens is 252 g/mol. The number of nitrogens with two attached hydrogens (primary N) is 1. The molecule has 2 unspecified atom stereocenters. The molecule has 3 rings (SSSR count). The van der Waals surface area contributed by atoms with E-state index >= 15 is 0 Å². The Morgan fingerprint density at radius 1 is 1.30 bits per heavy atom. The van der Waals surface area contributed by atoms with Crippen LogP contribution >= 0.6 is 0 Å². The lowest BCUT2D eigenvalue weighted by Gasteiger charge is -2.35. The molecule has 2 aliphatic rings. The standard InChI is InChI=1S/C15H22N4O/c1-18-13-6-7-14(10-13)19(18)9-8-17-15(20)11-2-4-12(16)5-3-11/h2-5,13-14H,6-10,16H2,1H3,(H,17,20). The molecule has 1 aliphatic carbocycles. The molecule has 5 heteroatoms. The van der Waals surface area contributed by atoms with Gasteiger partial charge < -0.3 is 11.1 Å². The van der Waals surface area contributed by atoms with Gasteiger partial charge in [-0.3, -0.25) is 4.79 Å². The Morgan fingerprint density at radius 2 is 2.00 bits per heavy atom. The molecule has 2 atom stereocenters. The summed E-state index contributed by atoms with van der Waals surface area (Å²) in [7, 11) is 2.16. The van der Waals surface area contributed by atoms with Crippen molar-refractivity contribution in [2.45, 2.75) is 31.3 Å². The van der Waals surface area contributed by atoms with Crippen LogP contribution in [0.3, 0.4) is 0 Å². The van der Waals surface area contributed by atoms with Gasteiger partial charge in [0.1, 0.15) is 0 Å². The van der Waals surface area contributed by atoms with Crippen molar-refractivity contribution in [1.82, 2.24) is 15.3 Å². The van der Waals surface area contributed by atoms with Gasteiger partial charge in [-0.25, -0.2) is 10.0 Å². The molecule has 1 aromatic rings. The number of anilines is 1. The lowest BCUT2D eigenvalue weighted by atomic mass is 10.2. The summed E-state index contributed by atoms with van der Waals surface area (Å²) in [6, 6.07) is 8.42. The number of hydrazine groups is 1. The first kappa shape index (κ1) is 13.4. The second-order valence-corrected chi connectivity index (χ2v) is 5.74. The maximum absolute atomic E-state index is 12.0. The Balaban J connectivity index is 1.48. The van der Waals surface area contributed by atoms with Gasteiger partial charge in [0.25, 0.3) is 5.91 Å². The van der Waals surface area contributed by atoms with Crippen molar-refractivity contribution in [3.8, 4) is 0 Å². The Hall–Kier alpha value is -1.59. The number of carbonyl (C=O) groups excluding carboxylic acids is 1. The minimum Gasteiger partial charge on any atom is -0.399 e. The second-order valence-electron chi connectivity index (χ2n) is 5.74. The van der Waals surface area contributed by atoms with Crippen LogP contribution in [0, 0.1) is 0 Å². The first-order valence-electron chi connectivity index (χ1n) is 7.28. The Morgan fingerprint density at radius 3 is 2.65 bits per heavy atom. The van der Waals surface area contributed by atoms with E-state index in [-0.39, 0.29) is 5.91 Å². The van der Waals surface area contributed by atoms with Gasteiger partial charge in [-0.05, 0) is 43.5 Å². The number of carbonyl (C=O) groups is 1. The van der Waals surface area contributed by atoms with E-state index < -0.39 is 0 Å². The summed E-state index contributed by atoms with van der Waals surface area (Å²) in [6.45, 7) is 1.56. The van der Waals surface area contributed by atoms with Gasteiger partial charge in [-0.15, -0.1) is 0 Å². The van der Waals surface area contributed by atoms with E-state index in [2.05, 4.69) is 22.4 Å². The topological polar surface area (TPSA) is 61.6 Å². The van der Waals surface area contributed by atoms with Crippen LogP contribution in [0.25, 0.3) is 0 Å². The predicted octanol–water partition coefficient (Wildman–Crippen LogP) is 1.08. The fourth-order valence-corrected chi connectivity index (χ4v) is 3.37. The molecule has 3 N–H and O–H groups in total. The molecular formula is C15H22N4O. The minimum absolute atomic E-state index is 0.0305. The van der Waals surface area contributed by atoms with E-state index in [1.54, 1.807) is 24.3 Å². The average molecular weight is 274 g/mol. The van der Waals surface area contributed by atoms with Crippen LogP contribution < -0.4 is 11.1 Å². The molecule has 1 saturated carbocycles. The quantitative estimate of drug-likeness (QED) is 0.807. The minimum atomic E-state index is -0.0305. The molecule has 0 aromatic heterocycles. The third-order valence-electron chi connectivity index (χ3n) is 4.53. The maximum atomic E-state index is 12.0. The van der Waals surface area contributed by atoms with E-state index in [4.69, 9.17) is 5.73 Å². The van der Waals surface area contributed by atoms with E-state index in [1.807, 2.05) is 0 Å². The highest BCUT2D eigenvalue weighted by Crippen LogP contribution is 2.35. The number of hydrogen-bond donors (Lipinski definition) is 2. The molecule has 1 amide bonds. The highest BCUT2D eigenvalue weighted by atomic mass is 16.1. The molecule has 0 radical (unpaired) electrons. The molecule has 2 fully saturated rings. The van der Waals surface area contributed by atoms with Crippen LogP contribution in [0.1, 0.15) is 29.6 Å². The zero-order valence-electron chi connectivity index (χ0n) is 11.9. The predicted molar refractivity (Wildman–Crippen MR) is 79.1 cm³/mol. The fraction of sp³-hybridized carbons (Fsp3) is 0.533. The maximum Gasteiger partial charge on any atom is 0.251 e. The molecule has 1 heterocycles. The summed E-state index contributed by atoms with van der Waals surface area (Å²) in [5.74, 6) is -0.0305. The smallest absolute Gasteiger partial charge is 0.251 e. The largest absolute Gasteiger partial charge is 0.399 e. The van der Waals surface area contributed by atoms with Crippen LogP contribution in [0.2, 0.25) is 0 Å². The molecule has 2 bridgehead atoms. The molecule has 5 nitrogen and oxygen atoms in total. The summed E-state index contributed by atoms with van der Waals surface area (Å²) in [6.07, 6.45) is 3.89. The van der Waals surface area contributed by atoms with Gasteiger partial charge >= 0.3 is 0 Å². The fourth-order valence-electron chi connectivity index (χ4n) is 3.37. The van der Waals surface area contributed by atoms with Crippen molar-refractivity contribution in [2.24, 2.45) is 0 Å². The SMILES string of the molecule is CN1C2CCC(C2)N1CCNC(=O)c1ccc(N)cc1. The number of rotatable bonds is 4. The summed E-state index contributed by atoms with van der Waals surface area (Å²) in [5, 5.41) is 7.73. The van der Waals surface area contributed by atoms with Crippen molar-refractivity contribution >= 4 is 11.6 Å². The highest BCUT2D eigenvalue weighted by molar-refractivity contribution is 5.94. The third-order valence-corrected chi connectivity index (χ3v) is 4.53. The highest BCUT2D eigenvalue weighted by Gasteiger charge is 2.41. The van der Waals surface area contributed by atoms with Crippen LogP contribution in [0.5, 0.6) is 0 Å². The number of benzene rings is 1.